The molecule has 0 bridgehead atoms. The number of thiophene rings is 1. The summed E-state index contributed by atoms with van der Waals surface area (Å²) < 4.78 is 31.3. The lowest BCUT2D eigenvalue weighted by Crippen LogP contribution is -2.10. The molecule has 0 atom stereocenters. The second kappa shape index (κ2) is 7.39. The molecule has 5 heteroatoms. The Labute approximate surface area is 162 Å². The fourth-order valence-corrected chi connectivity index (χ4v) is 4.96. The Morgan fingerprint density at radius 3 is 1.96 bits per heavy atom. The quantitative estimate of drug-likeness (QED) is 0.400. The molecule has 0 radical (unpaired) electrons. The fourth-order valence-electron chi connectivity index (χ4n) is 2.84. The van der Waals surface area contributed by atoms with E-state index in [4.69, 9.17) is 4.18 Å². The Balaban J connectivity index is 1.67. The van der Waals surface area contributed by atoms with Gasteiger partial charge < -0.3 is 4.18 Å². The van der Waals surface area contributed by atoms with E-state index in [9.17, 15) is 8.42 Å². The Kier molecular flexibility index (Phi) is 4.79. The normalized spacial score (nSPS) is 11.3. The lowest BCUT2D eigenvalue weighted by Gasteiger charge is -2.10. The number of benzene rings is 3. The fraction of sp³-hybridized carbons (Fsp3) is 0. The summed E-state index contributed by atoms with van der Waals surface area (Å²) in [6.45, 7) is 0. The van der Waals surface area contributed by atoms with Crippen LogP contribution in [-0.4, -0.2) is 8.42 Å². The molecule has 0 aliphatic carbocycles. The molecular formula is C22H16O3S2. The smallest absolute Gasteiger partial charge is 0.340 e. The summed E-state index contributed by atoms with van der Waals surface area (Å²) in [5.41, 5.74) is 3.40. The molecule has 0 saturated carbocycles. The van der Waals surface area contributed by atoms with Crippen molar-refractivity contribution >= 4 is 21.5 Å². The zero-order valence-corrected chi connectivity index (χ0v) is 15.9. The van der Waals surface area contributed by atoms with Crippen LogP contribution < -0.4 is 4.18 Å². The summed E-state index contributed by atoms with van der Waals surface area (Å²) in [6, 6.07) is 27.8. The topological polar surface area (TPSA) is 43.4 Å². The molecule has 3 aromatic carbocycles. The van der Waals surface area contributed by atoms with Crippen LogP contribution in [0, 0.1) is 0 Å². The van der Waals surface area contributed by atoms with Crippen LogP contribution in [0.5, 0.6) is 5.06 Å². The van der Waals surface area contributed by atoms with Gasteiger partial charge in [-0.3, -0.25) is 0 Å². The molecule has 0 unspecified atom stereocenters. The minimum absolute atomic E-state index is 0.158. The zero-order chi connectivity index (χ0) is 18.7. The third-order valence-electron chi connectivity index (χ3n) is 4.12. The molecular weight excluding hydrogens is 376 g/mol. The summed E-state index contributed by atoms with van der Waals surface area (Å²) in [4.78, 5) is 0.158. The highest BCUT2D eigenvalue weighted by Crippen LogP contribution is 2.34. The van der Waals surface area contributed by atoms with Gasteiger partial charge in [0, 0.05) is 17.0 Å². The van der Waals surface area contributed by atoms with E-state index in [0.29, 0.717) is 10.6 Å². The molecule has 0 fully saturated rings. The van der Waals surface area contributed by atoms with Crippen LogP contribution in [0.4, 0.5) is 0 Å². The van der Waals surface area contributed by atoms with E-state index in [1.165, 1.54) is 11.3 Å². The number of hydrogen-bond donors (Lipinski definition) is 0. The van der Waals surface area contributed by atoms with Gasteiger partial charge in [-0.1, -0.05) is 78.9 Å². The van der Waals surface area contributed by atoms with Crippen LogP contribution in [0.15, 0.2) is 101 Å². The largest absolute Gasteiger partial charge is 0.368 e. The second-order valence-electron chi connectivity index (χ2n) is 5.92. The average molecular weight is 393 g/mol. The van der Waals surface area contributed by atoms with Crippen molar-refractivity contribution in [2.24, 2.45) is 0 Å². The van der Waals surface area contributed by atoms with E-state index in [1.807, 2.05) is 72.1 Å². The van der Waals surface area contributed by atoms with Gasteiger partial charge in [0.25, 0.3) is 0 Å². The lowest BCUT2D eigenvalue weighted by atomic mass is 10.1. The van der Waals surface area contributed by atoms with Gasteiger partial charge >= 0.3 is 10.1 Å². The van der Waals surface area contributed by atoms with Gasteiger partial charge in [0.15, 0.2) is 5.06 Å². The summed E-state index contributed by atoms with van der Waals surface area (Å²) in [5, 5.41) is 2.24. The summed E-state index contributed by atoms with van der Waals surface area (Å²) >= 11 is 1.27. The third-order valence-corrected chi connectivity index (χ3v) is 6.32. The minimum Gasteiger partial charge on any atom is -0.368 e. The van der Waals surface area contributed by atoms with E-state index in [0.717, 1.165) is 16.7 Å². The van der Waals surface area contributed by atoms with E-state index >= 15 is 0 Å². The van der Waals surface area contributed by atoms with Gasteiger partial charge in [0.05, 0.1) is 0 Å². The van der Waals surface area contributed by atoms with E-state index < -0.39 is 10.1 Å². The highest BCUT2D eigenvalue weighted by Gasteiger charge is 2.22. The van der Waals surface area contributed by atoms with Crippen LogP contribution in [-0.2, 0) is 10.1 Å². The lowest BCUT2D eigenvalue weighted by molar-refractivity contribution is 0.493. The van der Waals surface area contributed by atoms with Crippen molar-refractivity contribution in [3.8, 4) is 27.3 Å². The first kappa shape index (κ1) is 17.5. The Bertz CT molecular complexity index is 1150. The first-order chi connectivity index (χ1) is 13.1. The van der Waals surface area contributed by atoms with Crippen LogP contribution in [0.3, 0.4) is 0 Å². The van der Waals surface area contributed by atoms with Gasteiger partial charge in [-0.2, -0.15) is 8.42 Å². The number of rotatable bonds is 5. The molecule has 27 heavy (non-hydrogen) atoms. The number of hydrogen-bond acceptors (Lipinski definition) is 4. The maximum Gasteiger partial charge on any atom is 0.340 e. The van der Waals surface area contributed by atoms with Crippen LogP contribution >= 0.6 is 11.3 Å². The molecule has 4 aromatic rings. The van der Waals surface area contributed by atoms with Crippen molar-refractivity contribution in [2.75, 3.05) is 0 Å². The molecule has 1 aromatic heterocycles. The predicted molar refractivity (Wildman–Crippen MR) is 109 cm³/mol. The maximum absolute atomic E-state index is 12.9. The first-order valence-electron chi connectivity index (χ1n) is 8.36. The highest BCUT2D eigenvalue weighted by molar-refractivity contribution is 7.87. The minimum atomic E-state index is -3.95. The molecule has 1 heterocycles. The molecule has 0 N–H and O–H groups in total. The van der Waals surface area contributed by atoms with Crippen molar-refractivity contribution in [2.45, 2.75) is 4.90 Å². The van der Waals surface area contributed by atoms with Crippen LogP contribution in [0.25, 0.3) is 22.3 Å². The highest BCUT2D eigenvalue weighted by atomic mass is 32.2. The van der Waals surface area contributed by atoms with E-state index in [2.05, 4.69) is 0 Å². The van der Waals surface area contributed by atoms with Gasteiger partial charge in [0.2, 0.25) is 0 Å². The summed E-state index contributed by atoms with van der Waals surface area (Å²) in [7, 11) is -3.95. The summed E-state index contributed by atoms with van der Waals surface area (Å²) in [6.07, 6.45) is 0. The molecule has 134 valence electrons. The molecule has 0 aliphatic rings. The van der Waals surface area contributed by atoms with Gasteiger partial charge in [-0.05, 0) is 22.8 Å². The molecule has 4 rings (SSSR count). The van der Waals surface area contributed by atoms with Crippen LogP contribution in [0.2, 0.25) is 0 Å². The van der Waals surface area contributed by atoms with Crippen molar-refractivity contribution in [1.82, 2.24) is 0 Å². The Morgan fingerprint density at radius 1 is 0.667 bits per heavy atom. The second-order valence-corrected chi connectivity index (χ2v) is 8.31. The molecule has 0 aliphatic heterocycles. The molecule has 0 amide bonds. The SMILES string of the molecule is O=S(=O)(Oc1cc(-c2ccccc2)cs1)c1ccccc1-c1ccccc1. The Hall–Kier alpha value is -2.89. The van der Waals surface area contributed by atoms with E-state index in [1.54, 1.807) is 24.3 Å². The first-order valence-corrected chi connectivity index (χ1v) is 10.7. The van der Waals surface area contributed by atoms with E-state index in [-0.39, 0.29) is 4.90 Å². The molecule has 0 spiro atoms. The molecule has 0 saturated heterocycles. The van der Waals surface area contributed by atoms with Crippen molar-refractivity contribution in [3.63, 3.8) is 0 Å². The average Bonchev–Trinajstić information content (AvgIpc) is 3.17. The van der Waals surface area contributed by atoms with Gasteiger partial charge in [-0.25, -0.2) is 0 Å². The summed E-state index contributed by atoms with van der Waals surface area (Å²) in [5.74, 6) is 0. The Morgan fingerprint density at radius 2 is 1.26 bits per heavy atom. The maximum atomic E-state index is 12.9. The van der Waals surface area contributed by atoms with Gasteiger partial charge in [-0.15, -0.1) is 11.3 Å². The standard InChI is InChI=1S/C22H16O3S2/c23-27(24,21-14-8-7-13-20(21)18-11-5-2-6-12-18)25-22-15-19(16-26-22)17-9-3-1-4-10-17/h1-16H. The monoisotopic (exact) mass is 392 g/mol. The molecule has 3 nitrogen and oxygen atoms in total. The van der Waals surface area contributed by atoms with Crippen molar-refractivity contribution in [1.29, 1.82) is 0 Å². The predicted octanol–water partition coefficient (Wildman–Crippen LogP) is 5.85. The third kappa shape index (κ3) is 3.79. The van der Waals surface area contributed by atoms with Crippen LogP contribution in [0.1, 0.15) is 0 Å². The van der Waals surface area contributed by atoms with Gasteiger partial charge in [0.1, 0.15) is 4.90 Å². The van der Waals surface area contributed by atoms with Crippen molar-refractivity contribution in [3.05, 3.63) is 96.4 Å². The zero-order valence-electron chi connectivity index (χ0n) is 14.3. The van der Waals surface area contributed by atoms with Crippen molar-refractivity contribution < 1.29 is 12.6 Å².